The van der Waals surface area contributed by atoms with Gasteiger partial charge in [-0.05, 0) is 75.0 Å². The second-order valence-electron chi connectivity index (χ2n) is 8.76. The molecule has 1 atom stereocenters. The van der Waals surface area contributed by atoms with E-state index < -0.39 is 16.1 Å². The van der Waals surface area contributed by atoms with Gasteiger partial charge in [-0.1, -0.05) is 18.2 Å². The number of phenols is 1. The zero-order chi connectivity index (χ0) is 26.6. The Hall–Kier alpha value is -1.69. The van der Waals surface area contributed by atoms with E-state index >= 15 is 0 Å². The average molecular weight is 754 g/mol. The van der Waals surface area contributed by atoms with Gasteiger partial charge in [-0.3, -0.25) is 4.79 Å². The number of nitrogens with one attached hydrogen (secondary N) is 1. The number of halogens is 2. The van der Waals surface area contributed by atoms with Crippen molar-refractivity contribution in [1.29, 1.82) is 0 Å². The van der Waals surface area contributed by atoms with E-state index in [0.717, 1.165) is 5.56 Å². The van der Waals surface area contributed by atoms with E-state index in [1.807, 2.05) is 45.2 Å². The fourth-order valence-corrected chi connectivity index (χ4v) is 7.63. The number of hydrogen-bond acceptors (Lipinski definition) is 6. The Kier molecular flexibility index (Phi) is 9.53. The highest BCUT2D eigenvalue weighted by atomic mass is 127. The van der Waals surface area contributed by atoms with Crippen LogP contribution < -0.4 is 5.32 Å². The molecule has 200 valence electrons. The predicted molar refractivity (Wildman–Crippen MR) is 154 cm³/mol. The largest absolute Gasteiger partial charge is 0.506 e. The molecule has 0 spiro atoms. The van der Waals surface area contributed by atoms with Crippen molar-refractivity contribution in [2.24, 2.45) is 0 Å². The monoisotopic (exact) mass is 754 g/mol. The minimum Gasteiger partial charge on any atom is -0.506 e. The zero-order valence-electron chi connectivity index (χ0n) is 20.0. The van der Waals surface area contributed by atoms with E-state index in [4.69, 9.17) is 4.74 Å². The molecule has 2 saturated heterocycles. The summed E-state index contributed by atoms with van der Waals surface area (Å²) in [6.07, 6.45) is 0.240. The molecule has 0 aliphatic carbocycles. The van der Waals surface area contributed by atoms with Crippen molar-refractivity contribution >= 4 is 67.1 Å². The number of carbonyl (C=O) groups is 2. The predicted octanol–water partition coefficient (Wildman–Crippen LogP) is 2.09. The standard InChI is InChI=1S/C24H28I2N4O6S/c25-19-14-17(15-20(26)22(19)31)16-21(27-24(33)29-10-12-36-13-11-29)23(32)28-6-8-30(9-7-28)37(34,35)18-4-2-1-3-5-18/h1-5,14-15,21,31H,6-13,16H2,(H,27,33). The van der Waals surface area contributed by atoms with Crippen LogP contribution in [-0.2, 0) is 26.0 Å². The van der Waals surface area contributed by atoms with Crippen LogP contribution in [0.1, 0.15) is 5.56 Å². The number of rotatable bonds is 6. The van der Waals surface area contributed by atoms with Gasteiger partial charge in [0, 0.05) is 45.7 Å². The number of morpholine rings is 1. The van der Waals surface area contributed by atoms with Crippen LogP contribution in [0, 0.1) is 7.14 Å². The highest BCUT2D eigenvalue weighted by Gasteiger charge is 2.34. The molecule has 2 heterocycles. The Morgan fingerprint density at radius 2 is 1.54 bits per heavy atom. The lowest BCUT2D eigenvalue weighted by Crippen LogP contribution is -2.58. The van der Waals surface area contributed by atoms with Crippen molar-refractivity contribution in [1.82, 2.24) is 19.4 Å². The number of sulfonamides is 1. The summed E-state index contributed by atoms with van der Waals surface area (Å²) in [5.41, 5.74) is 0.803. The number of benzene rings is 2. The van der Waals surface area contributed by atoms with Crippen molar-refractivity contribution in [3.8, 4) is 5.75 Å². The van der Waals surface area contributed by atoms with Gasteiger partial charge in [-0.25, -0.2) is 13.2 Å². The van der Waals surface area contributed by atoms with E-state index in [9.17, 15) is 23.1 Å². The molecule has 3 amide bonds. The number of amides is 3. The van der Waals surface area contributed by atoms with Gasteiger partial charge >= 0.3 is 6.03 Å². The van der Waals surface area contributed by atoms with E-state index in [1.165, 1.54) is 4.31 Å². The third-order valence-corrected chi connectivity index (χ3v) is 9.90. The van der Waals surface area contributed by atoms with Gasteiger partial charge in [0.25, 0.3) is 0 Å². The Labute approximate surface area is 243 Å². The maximum atomic E-state index is 13.6. The summed E-state index contributed by atoms with van der Waals surface area (Å²) in [5, 5.41) is 13.0. The molecule has 0 radical (unpaired) electrons. The highest BCUT2D eigenvalue weighted by Crippen LogP contribution is 2.28. The van der Waals surface area contributed by atoms with Crippen LogP contribution in [-0.4, -0.2) is 98.1 Å². The van der Waals surface area contributed by atoms with Gasteiger partial charge in [-0.15, -0.1) is 0 Å². The SMILES string of the molecule is O=C(NC(Cc1cc(I)c(O)c(I)c1)C(=O)N1CCN(S(=O)(=O)c2ccccc2)CC1)N1CCOCC1. The summed E-state index contributed by atoms with van der Waals surface area (Å²) < 4.78 is 34.0. The summed E-state index contributed by atoms with van der Waals surface area (Å²) in [6, 6.07) is 10.7. The Bertz CT molecular complexity index is 1210. The van der Waals surface area contributed by atoms with Gasteiger partial charge in [0.2, 0.25) is 15.9 Å². The van der Waals surface area contributed by atoms with Crippen molar-refractivity contribution in [2.45, 2.75) is 17.4 Å². The van der Waals surface area contributed by atoms with Crippen molar-refractivity contribution in [3.63, 3.8) is 0 Å². The second-order valence-corrected chi connectivity index (χ2v) is 13.0. The van der Waals surface area contributed by atoms with E-state index in [2.05, 4.69) is 5.32 Å². The molecule has 0 saturated carbocycles. The molecule has 2 aliphatic heterocycles. The van der Waals surface area contributed by atoms with Gasteiger partial charge in [0.1, 0.15) is 11.8 Å². The minimum absolute atomic E-state index is 0.169. The van der Waals surface area contributed by atoms with Crippen molar-refractivity contribution in [2.75, 3.05) is 52.5 Å². The molecule has 2 aromatic rings. The molecule has 10 nitrogen and oxygen atoms in total. The summed E-state index contributed by atoms with van der Waals surface area (Å²) >= 11 is 4.07. The van der Waals surface area contributed by atoms with Crippen LogP contribution in [0.2, 0.25) is 0 Å². The summed E-state index contributed by atoms with van der Waals surface area (Å²) in [7, 11) is -3.65. The summed E-state index contributed by atoms with van der Waals surface area (Å²) in [5.74, 6) is -0.0858. The number of aromatic hydroxyl groups is 1. The third-order valence-electron chi connectivity index (χ3n) is 6.34. The van der Waals surface area contributed by atoms with Gasteiger partial charge in [0.15, 0.2) is 0 Å². The van der Waals surface area contributed by atoms with Crippen molar-refractivity contribution < 1.29 is 27.9 Å². The minimum atomic E-state index is -3.65. The molecule has 0 aromatic heterocycles. The Balaban J connectivity index is 1.48. The van der Waals surface area contributed by atoms with E-state index in [0.29, 0.717) is 33.4 Å². The number of phenolic OH excluding ortho intramolecular Hbond substituents is 1. The zero-order valence-corrected chi connectivity index (χ0v) is 25.1. The number of hydrogen-bond donors (Lipinski definition) is 2. The van der Waals surface area contributed by atoms with Crippen molar-refractivity contribution in [3.05, 3.63) is 55.2 Å². The number of urea groups is 1. The summed E-state index contributed by atoms with van der Waals surface area (Å²) in [4.78, 5) is 30.1. The average Bonchev–Trinajstić information content (AvgIpc) is 2.92. The lowest BCUT2D eigenvalue weighted by atomic mass is 10.0. The molecule has 2 aliphatic rings. The summed E-state index contributed by atoms with van der Waals surface area (Å²) in [6.45, 7) is 2.55. The lowest BCUT2D eigenvalue weighted by molar-refractivity contribution is -0.134. The smallest absolute Gasteiger partial charge is 0.318 e. The number of nitrogens with zero attached hydrogens (tertiary/aromatic N) is 3. The molecule has 13 heteroatoms. The number of ether oxygens (including phenoxy) is 1. The first kappa shape index (κ1) is 28.3. The molecule has 4 rings (SSSR count). The lowest BCUT2D eigenvalue weighted by Gasteiger charge is -2.36. The molecule has 37 heavy (non-hydrogen) atoms. The van der Waals surface area contributed by atoms with Crippen LogP contribution in [0.15, 0.2) is 47.4 Å². The first-order valence-electron chi connectivity index (χ1n) is 11.8. The van der Waals surface area contributed by atoms with Crippen LogP contribution in [0.4, 0.5) is 4.79 Å². The quantitative estimate of drug-likeness (QED) is 0.437. The molecule has 0 bridgehead atoms. The number of piperazine rings is 1. The fraction of sp³-hybridized carbons (Fsp3) is 0.417. The van der Waals surface area contributed by atoms with Crippen LogP contribution in [0.25, 0.3) is 0 Å². The first-order chi connectivity index (χ1) is 17.7. The van der Waals surface area contributed by atoms with Gasteiger partial charge in [-0.2, -0.15) is 4.31 Å². The van der Waals surface area contributed by atoms with E-state index in [-0.39, 0.29) is 55.2 Å². The van der Waals surface area contributed by atoms with Gasteiger partial charge < -0.3 is 25.0 Å². The van der Waals surface area contributed by atoms with E-state index in [1.54, 1.807) is 52.3 Å². The molecule has 1 unspecified atom stereocenters. The number of carbonyl (C=O) groups excluding carboxylic acids is 2. The Morgan fingerprint density at radius 1 is 0.946 bits per heavy atom. The van der Waals surface area contributed by atoms with Crippen LogP contribution in [0.5, 0.6) is 5.75 Å². The molecule has 2 aromatic carbocycles. The molecular weight excluding hydrogens is 726 g/mol. The topological polar surface area (TPSA) is 119 Å². The second kappa shape index (κ2) is 12.4. The normalized spacial score (nSPS) is 17.9. The highest BCUT2D eigenvalue weighted by molar-refractivity contribution is 14.1. The maximum absolute atomic E-state index is 13.6. The Morgan fingerprint density at radius 3 is 2.14 bits per heavy atom. The third kappa shape index (κ3) is 6.85. The van der Waals surface area contributed by atoms with Gasteiger partial charge in [0.05, 0.1) is 25.2 Å². The molecule has 2 N–H and O–H groups in total. The molecule has 2 fully saturated rings. The van der Waals surface area contributed by atoms with Crippen LogP contribution >= 0.6 is 45.2 Å². The first-order valence-corrected chi connectivity index (χ1v) is 15.4. The maximum Gasteiger partial charge on any atom is 0.318 e. The fourth-order valence-electron chi connectivity index (χ4n) is 4.29. The molecular formula is C24H28I2N4O6S. The van der Waals surface area contributed by atoms with Crippen LogP contribution in [0.3, 0.4) is 0 Å².